The zero-order valence-corrected chi connectivity index (χ0v) is 27.8. The first kappa shape index (κ1) is 36.6. The van der Waals surface area contributed by atoms with Gasteiger partial charge in [0.1, 0.15) is 19.0 Å². The number of benzene rings is 1. The van der Waals surface area contributed by atoms with Crippen LogP contribution in [0.4, 0.5) is 4.79 Å². The summed E-state index contributed by atoms with van der Waals surface area (Å²) < 4.78 is 28.9. The molecule has 3 N–H and O–H groups in total. The first-order chi connectivity index (χ1) is 22.1. The Hall–Kier alpha value is -2.85. The monoisotopic (exact) mass is 630 g/mol. The predicted octanol–water partition coefficient (Wildman–Crippen LogP) is 7.24. The van der Waals surface area contributed by atoms with Crippen LogP contribution < -0.4 is 15.2 Å². The van der Waals surface area contributed by atoms with Crippen LogP contribution in [0.5, 0.6) is 11.5 Å². The second-order valence-corrected chi connectivity index (χ2v) is 12.0. The number of carbonyl (C=O) groups is 1. The number of rotatable bonds is 17. The molecule has 0 saturated heterocycles. The lowest BCUT2D eigenvalue weighted by atomic mass is 10.0. The minimum Gasteiger partial charge on any atom is -0.487 e. The van der Waals surface area contributed by atoms with E-state index < -0.39 is 0 Å². The summed E-state index contributed by atoms with van der Waals surface area (Å²) in [6, 6.07) is 3.48. The van der Waals surface area contributed by atoms with E-state index >= 15 is 0 Å². The topological polar surface area (TPSA) is 129 Å². The molecule has 0 radical (unpaired) electrons. The Balaban J connectivity index is 1.23. The van der Waals surface area contributed by atoms with Gasteiger partial charge < -0.3 is 34.3 Å². The number of fused-ring (bicyclic) bond motifs is 2. The van der Waals surface area contributed by atoms with E-state index in [2.05, 4.69) is 11.9 Å². The molecule has 2 heterocycles. The Bertz CT molecular complexity index is 1030. The van der Waals surface area contributed by atoms with E-state index in [0.29, 0.717) is 87.8 Å². The summed E-state index contributed by atoms with van der Waals surface area (Å²) in [4.78, 5) is 18.4. The highest BCUT2D eigenvalue weighted by molar-refractivity contribution is 6.21. The maximum atomic E-state index is 12.8. The van der Waals surface area contributed by atoms with Gasteiger partial charge in [-0.2, -0.15) is 0 Å². The summed E-state index contributed by atoms with van der Waals surface area (Å²) in [7, 11) is 0. The quantitative estimate of drug-likeness (QED) is 0.174. The SMILES string of the molecule is CCCCCCCCCCCCCCCCCCOC(=O)N1CCOCCOc2cc3c(cc2OCCOCC1)C(N)=NC3=N. The zero-order valence-electron chi connectivity index (χ0n) is 27.8. The Morgan fingerprint density at radius 3 is 1.71 bits per heavy atom. The van der Waals surface area contributed by atoms with E-state index in [0.717, 1.165) is 12.8 Å². The number of nitrogens with one attached hydrogen (secondary N) is 1. The number of hydrogen-bond donors (Lipinski definition) is 2. The second kappa shape index (κ2) is 22.6. The lowest BCUT2D eigenvalue weighted by Gasteiger charge is -2.22. The van der Waals surface area contributed by atoms with E-state index in [1.165, 1.54) is 89.9 Å². The molecule has 2 aliphatic heterocycles. The van der Waals surface area contributed by atoms with Gasteiger partial charge in [0.25, 0.3) is 0 Å². The number of unbranched alkanes of at least 4 members (excludes halogenated alkanes) is 15. The fourth-order valence-corrected chi connectivity index (χ4v) is 5.60. The molecule has 10 heteroatoms. The van der Waals surface area contributed by atoms with Crippen LogP contribution in [-0.2, 0) is 14.2 Å². The van der Waals surface area contributed by atoms with Crippen LogP contribution in [0.25, 0.3) is 0 Å². The average Bonchev–Trinajstić information content (AvgIpc) is 3.31. The molecular weight excluding hydrogens is 572 g/mol. The largest absolute Gasteiger partial charge is 0.487 e. The van der Waals surface area contributed by atoms with Crippen LogP contribution in [0, 0.1) is 5.41 Å². The third-order valence-corrected chi connectivity index (χ3v) is 8.31. The van der Waals surface area contributed by atoms with Gasteiger partial charge in [-0.15, -0.1) is 0 Å². The molecule has 0 saturated carbocycles. The number of amidine groups is 2. The Labute approximate surface area is 270 Å². The third-order valence-electron chi connectivity index (χ3n) is 8.31. The second-order valence-electron chi connectivity index (χ2n) is 12.0. The van der Waals surface area contributed by atoms with Crippen molar-refractivity contribution in [3.8, 4) is 11.5 Å². The lowest BCUT2D eigenvalue weighted by molar-refractivity contribution is 0.0466. The number of nitrogens with two attached hydrogens (primary N) is 1. The van der Waals surface area contributed by atoms with Gasteiger partial charge in [0.2, 0.25) is 0 Å². The summed E-state index contributed by atoms with van der Waals surface area (Å²) in [5.41, 5.74) is 7.23. The van der Waals surface area contributed by atoms with Gasteiger partial charge in [-0.3, -0.25) is 5.41 Å². The predicted molar refractivity (Wildman–Crippen MR) is 179 cm³/mol. The smallest absolute Gasteiger partial charge is 0.409 e. The highest BCUT2D eigenvalue weighted by atomic mass is 16.6. The minimum absolute atomic E-state index is 0.103. The van der Waals surface area contributed by atoms with Crippen LogP contribution in [0.3, 0.4) is 0 Å². The van der Waals surface area contributed by atoms with Crippen molar-refractivity contribution in [3.05, 3.63) is 23.3 Å². The van der Waals surface area contributed by atoms with Gasteiger partial charge in [-0.05, 0) is 18.6 Å². The molecule has 0 aromatic heterocycles. The number of hydrogen-bond acceptors (Lipinski definition) is 8. The molecule has 1 aromatic carbocycles. The first-order valence-corrected chi connectivity index (χ1v) is 17.5. The summed E-state index contributed by atoms with van der Waals surface area (Å²) in [6.45, 7) is 5.53. The van der Waals surface area contributed by atoms with Gasteiger partial charge in [-0.25, -0.2) is 9.79 Å². The van der Waals surface area contributed by atoms with Crippen molar-refractivity contribution in [1.82, 2.24) is 4.90 Å². The zero-order chi connectivity index (χ0) is 32.0. The summed E-state index contributed by atoms with van der Waals surface area (Å²) in [5, 5.41) is 8.03. The Kier molecular flexibility index (Phi) is 18.4. The number of nitrogens with zero attached hydrogens (tertiary/aromatic N) is 2. The summed E-state index contributed by atoms with van der Waals surface area (Å²) in [6.07, 6.45) is 20.7. The number of aliphatic imine (C=N–C) groups is 1. The maximum Gasteiger partial charge on any atom is 0.409 e. The molecule has 1 aromatic rings. The Morgan fingerprint density at radius 2 is 1.20 bits per heavy atom. The van der Waals surface area contributed by atoms with Crippen molar-refractivity contribution in [1.29, 1.82) is 5.41 Å². The Morgan fingerprint density at radius 1 is 0.733 bits per heavy atom. The fraction of sp³-hybridized carbons (Fsp3) is 0.743. The molecule has 0 unspecified atom stereocenters. The van der Waals surface area contributed by atoms with E-state index in [4.69, 9.17) is 34.8 Å². The van der Waals surface area contributed by atoms with Crippen molar-refractivity contribution in [2.24, 2.45) is 10.7 Å². The van der Waals surface area contributed by atoms with E-state index in [-0.39, 0.29) is 11.9 Å². The van der Waals surface area contributed by atoms with Gasteiger partial charge in [0.05, 0.1) is 33.0 Å². The number of amides is 1. The molecule has 0 atom stereocenters. The average molecular weight is 631 g/mol. The number of carbonyl (C=O) groups excluding carboxylic acids is 1. The maximum absolute atomic E-state index is 12.8. The van der Waals surface area contributed by atoms with Crippen LogP contribution in [0.1, 0.15) is 121 Å². The van der Waals surface area contributed by atoms with E-state index in [1.807, 2.05) is 0 Å². The summed E-state index contributed by atoms with van der Waals surface area (Å²) in [5.74, 6) is 1.41. The molecule has 1 amide bonds. The molecular formula is C35H58N4O6. The molecule has 2 aliphatic rings. The van der Waals surface area contributed by atoms with Gasteiger partial charge in [-0.1, -0.05) is 103 Å². The lowest BCUT2D eigenvalue weighted by Crippen LogP contribution is -2.37. The van der Waals surface area contributed by atoms with Crippen molar-refractivity contribution >= 4 is 17.8 Å². The van der Waals surface area contributed by atoms with E-state index in [9.17, 15) is 4.79 Å². The van der Waals surface area contributed by atoms with Gasteiger partial charge in [0, 0.05) is 24.2 Å². The van der Waals surface area contributed by atoms with Gasteiger partial charge in [0.15, 0.2) is 17.3 Å². The highest BCUT2D eigenvalue weighted by Gasteiger charge is 2.23. The van der Waals surface area contributed by atoms with Crippen LogP contribution in [-0.4, -0.2) is 82.0 Å². The highest BCUT2D eigenvalue weighted by Crippen LogP contribution is 2.33. The summed E-state index contributed by atoms with van der Waals surface area (Å²) >= 11 is 0. The normalized spacial score (nSPS) is 16.1. The van der Waals surface area contributed by atoms with E-state index in [1.54, 1.807) is 17.0 Å². The molecule has 10 nitrogen and oxygen atoms in total. The molecule has 254 valence electrons. The van der Waals surface area contributed by atoms with Crippen LogP contribution >= 0.6 is 0 Å². The molecule has 0 spiro atoms. The molecule has 0 bridgehead atoms. The molecule has 45 heavy (non-hydrogen) atoms. The van der Waals surface area contributed by atoms with Crippen molar-refractivity contribution < 1.29 is 28.5 Å². The van der Waals surface area contributed by atoms with Crippen LogP contribution in [0.15, 0.2) is 17.1 Å². The van der Waals surface area contributed by atoms with Crippen molar-refractivity contribution in [3.63, 3.8) is 0 Å². The van der Waals surface area contributed by atoms with Crippen molar-refractivity contribution in [2.45, 2.75) is 110 Å². The third kappa shape index (κ3) is 14.4. The molecule has 0 aliphatic carbocycles. The molecule has 0 fully saturated rings. The molecule has 3 rings (SSSR count). The standard InChI is InChI=1S/C35H58N4O6/c1-2-3-4-5-6-7-8-9-10-11-12-13-14-15-16-17-20-45-35(40)39-18-21-41-23-25-43-31-27-29-30(34(37)38-33(29)36)28-32(31)44-26-24-42-22-19-39/h27-28H,2-26H2,1H3,(H3,36,37,38). The first-order valence-electron chi connectivity index (χ1n) is 17.5. The van der Waals surface area contributed by atoms with Gasteiger partial charge >= 0.3 is 6.09 Å². The minimum atomic E-state index is -0.330. The van der Waals surface area contributed by atoms with Crippen LogP contribution in [0.2, 0.25) is 0 Å². The van der Waals surface area contributed by atoms with Crippen molar-refractivity contribution in [2.75, 3.05) is 59.3 Å². The fourth-order valence-electron chi connectivity index (χ4n) is 5.60. The number of ether oxygens (including phenoxy) is 5.